The molecule has 1 unspecified atom stereocenters. The summed E-state index contributed by atoms with van der Waals surface area (Å²) in [7, 11) is 0. The largest absolute Gasteiger partial charge is 0.394 e. The normalized spacial score (nSPS) is 30.2. The van der Waals surface area contributed by atoms with E-state index in [4.69, 9.17) is 15.6 Å². The van der Waals surface area contributed by atoms with Crippen LogP contribution in [0.1, 0.15) is 6.23 Å². The number of aromatic nitrogens is 3. The molecule has 8 nitrogen and oxygen atoms in total. The van der Waals surface area contributed by atoms with Gasteiger partial charge in [-0.3, -0.25) is 0 Å². The van der Waals surface area contributed by atoms with Crippen LogP contribution in [0.15, 0.2) is 12.5 Å². The summed E-state index contributed by atoms with van der Waals surface area (Å²) in [5.74, 6) is 0.338. The van der Waals surface area contributed by atoms with Gasteiger partial charge in [0, 0.05) is 9.77 Å². The second kappa shape index (κ2) is 5.07. The highest BCUT2D eigenvalue weighted by molar-refractivity contribution is 14.1. The molecule has 4 atom stereocenters. The number of nitrogens with zero attached hydrogens (tertiary/aromatic N) is 3. The average molecular weight is 392 g/mol. The highest BCUT2D eigenvalue weighted by Gasteiger charge is 2.44. The molecule has 9 heteroatoms. The zero-order chi connectivity index (χ0) is 14.4. The topological polar surface area (TPSA) is 127 Å². The summed E-state index contributed by atoms with van der Waals surface area (Å²) in [6.45, 7) is -0.373. The van der Waals surface area contributed by atoms with Crippen LogP contribution in [0.3, 0.4) is 0 Å². The van der Waals surface area contributed by atoms with Gasteiger partial charge in [-0.1, -0.05) is 0 Å². The molecule has 0 radical (unpaired) electrons. The fourth-order valence-corrected chi connectivity index (χ4v) is 3.18. The molecule has 3 rings (SSSR count). The maximum atomic E-state index is 10.1. The number of hydrogen-bond acceptors (Lipinski definition) is 7. The summed E-state index contributed by atoms with van der Waals surface area (Å²) in [6.07, 6.45) is -0.928. The van der Waals surface area contributed by atoms with E-state index in [-0.39, 0.29) is 6.61 Å². The monoisotopic (exact) mass is 392 g/mol. The predicted octanol–water partition coefficient (Wildman–Crippen LogP) is -0.770. The van der Waals surface area contributed by atoms with Crippen LogP contribution in [0.5, 0.6) is 0 Å². The molecule has 0 spiro atoms. The van der Waals surface area contributed by atoms with Crippen LogP contribution in [0, 0.1) is 3.57 Å². The van der Waals surface area contributed by atoms with Crippen LogP contribution in [-0.2, 0) is 4.74 Å². The molecule has 0 aromatic carbocycles. The van der Waals surface area contributed by atoms with E-state index in [9.17, 15) is 10.2 Å². The van der Waals surface area contributed by atoms with Crippen LogP contribution in [0.25, 0.3) is 11.0 Å². The molecule has 1 saturated heterocycles. The van der Waals surface area contributed by atoms with Crippen molar-refractivity contribution in [2.24, 2.45) is 0 Å². The maximum Gasteiger partial charge on any atom is 0.164 e. The first-order valence-corrected chi connectivity index (χ1v) is 7.01. The number of hydrogen-bond donors (Lipinski definition) is 4. The minimum absolute atomic E-state index is 0.338. The SMILES string of the molecule is Nc1ncnc2c1c(I)cn2[C@@H]1O[C@H](CO)C(O)[C@@H]1O. The first kappa shape index (κ1) is 13.9. The third-order valence-electron chi connectivity index (χ3n) is 3.38. The lowest BCUT2D eigenvalue weighted by atomic mass is 10.1. The Kier molecular flexibility index (Phi) is 3.54. The number of nitrogen functional groups attached to an aromatic ring is 1. The fourth-order valence-electron chi connectivity index (χ4n) is 2.37. The van der Waals surface area contributed by atoms with E-state index >= 15 is 0 Å². The number of aliphatic hydroxyl groups excluding tert-OH is 3. The van der Waals surface area contributed by atoms with Crippen LogP contribution >= 0.6 is 22.6 Å². The Morgan fingerprint density at radius 3 is 2.75 bits per heavy atom. The Morgan fingerprint density at radius 1 is 1.35 bits per heavy atom. The second-order valence-electron chi connectivity index (χ2n) is 4.57. The molecule has 108 valence electrons. The molecular formula is C11H13IN4O4. The maximum absolute atomic E-state index is 10.1. The van der Waals surface area contributed by atoms with Crippen molar-refractivity contribution in [2.75, 3.05) is 12.3 Å². The van der Waals surface area contributed by atoms with E-state index in [1.807, 2.05) is 0 Å². The van der Waals surface area contributed by atoms with E-state index in [1.165, 1.54) is 6.33 Å². The molecule has 1 fully saturated rings. The Labute approximate surface area is 127 Å². The van der Waals surface area contributed by atoms with Crippen LogP contribution < -0.4 is 5.73 Å². The minimum Gasteiger partial charge on any atom is -0.394 e. The average Bonchev–Trinajstić information content (AvgIpc) is 2.90. The minimum atomic E-state index is -1.16. The molecule has 5 N–H and O–H groups in total. The summed E-state index contributed by atoms with van der Waals surface area (Å²) >= 11 is 2.09. The number of aliphatic hydroxyl groups is 3. The molecule has 0 aliphatic carbocycles. The molecule has 20 heavy (non-hydrogen) atoms. The molecule has 3 heterocycles. The van der Waals surface area contributed by atoms with Gasteiger partial charge in [-0.25, -0.2) is 9.97 Å². The molecule has 1 aliphatic heterocycles. The van der Waals surface area contributed by atoms with Crippen molar-refractivity contribution in [1.29, 1.82) is 0 Å². The molecule has 2 aromatic rings. The van der Waals surface area contributed by atoms with E-state index in [0.717, 1.165) is 3.57 Å². The zero-order valence-corrected chi connectivity index (χ0v) is 12.4. The van der Waals surface area contributed by atoms with E-state index < -0.39 is 24.5 Å². The Hall–Kier alpha value is -1.01. The van der Waals surface area contributed by atoms with Crippen molar-refractivity contribution in [3.8, 4) is 0 Å². The van der Waals surface area contributed by atoms with Gasteiger partial charge >= 0.3 is 0 Å². The van der Waals surface area contributed by atoms with Crippen LogP contribution in [0.4, 0.5) is 5.82 Å². The van der Waals surface area contributed by atoms with E-state index in [0.29, 0.717) is 16.9 Å². The van der Waals surface area contributed by atoms with Gasteiger partial charge in [0.05, 0.1) is 12.0 Å². The van der Waals surface area contributed by atoms with Gasteiger partial charge in [-0.15, -0.1) is 0 Å². The van der Waals surface area contributed by atoms with Gasteiger partial charge < -0.3 is 30.4 Å². The summed E-state index contributed by atoms with van der Waals surface area (Å²) in [6, 6.07) is 0. The van der Waals surface area contributed by atoms with E-state index in [2.05, 4.69) is 32.6 Å². The Morgan fingerprint density at radius 2 is 2.10 bits per heavy atom. The number of rotatable bonds is 2. The lowest BCUT2D eigenvalue weighted by molar-refractivity contribution is -0.0509. The van der Waals surface area contributed by atoms with Crippen LogP contribution in [0.2, 0.25) is 0 Å². The molecule has 1 aliphatic rings. The first-order chi connectivity index (χ1) is 9.54. The number of halogens is 1. The van der Waals surface area contributed by atoms with Crippen molar-refractivity contribution < 1.29 is 20.1 Å². The van der Waals surface area contributed by atoms with E-state index in [1.54, 1.807) is 10.8 Å². The Bertz CT molecular complexity index is 649. The Balaban J connectivity index is 2.10. The molecule has 2 aromatic heterocycles. The predicted molar refractivity (Wildman–Crippen MR) is 77.7 cm³/mol. The fraction of sp³-hybridized carbons (Fsp3) is 0.455. The smallest absolute Gasteiger partial charge is 0.164 e. The number of fused-ring (bicyclic) bond motifs is 1. The number of ether oxygens (including phenoxy) is 1. The van der Waals surface area contributed by atoms with Crippen molar-refractivity contribution in [3.63, 3.8) is 0 Å². The second-order valence-corrected chi connectivity index (χ2v) is 5.73. The summed E-state index contributed by atoms with van der Waals surface area (Å²) in [5.41, 5.74) is 6.33. The van der Waals surface area contributed by atoms with Gasteiger partial charge in [0.15, 0.2) is 6.23 Å². The molecule has 0 amide bonds. The standard InChI is InChI=1S/C11H13IN4O4/c12-4-1-16(10-6(4)9(13)14-3-15-10)11-8(19)7(18)5(2-17)20-11/h1,3,5,7-8,11,17-19H,2H2,(H2,13,14,15)/t5-,7?,8+,11-/m1/s1. The molecular weight excluding hydrogens is 379 g/mol. The quantitative estimate of drug-likeness (QED) is 0.495. The van der Waals surface area contributed by atoms with Crippen molar-refractivity contribution in [1.82, 2.24) is 14.5 Å². The third kappa shape index (κ3) is 1.97. The lowest BCUT2D eigenvalue weighted by Crippen LogP contribution is -2.33. The zero-order valence-electron chi connectivity index (χ0n) is 10.2. The van der Waals surface area contributed by atoms with Crippen molar-refractivity contribution >= 4 is 39.4 Å². The van der Waals surface area contributed by atoms with Gasteiger partial charge in [-0.05, 0) is 22.6 Å². The highest BCUT2D eigenvalue weighted by Crippen LogP contribution is 2.34. The van der Waals surface area contributed by atoms with Gasteiger partial charge in [0.2, 0.25) is 0 Å². The highest BCUT2D eigenvalue weighted by atomic mass is 127. The molecule has 0 bridgehead atoms. The first-order valence-electron chi connectivity index (χ1n) is 5.93. The molecule has 0 saturated carbocycles. The lowest BCUT2D eigenvalue weighted by Gasteiger charge is -2.17. The van der Waals surface area contributed by atoms with Crippen LogP contribution in [-0.4, -0.2) is 54.8 Å². The number of anilines is 1. The number of nitrogens with two attached hydrogens (primary N) is 1. The van der Waals surface area contributed by atoms with Crippen molar-refractivity contribution in [3.05, 3.63) is 16.1 Å². The summed E-state index contributed by atoms with van der Waals surface area (Å²) in [4.78, 5) is 8.08. The summed E-state index contributed by atoms with van der Waals surface area (Å²) < 4.78 is 7.90. The van der Waals surface area contributed by atoms with Gasteiger partial charge in [-0.2, -0.15) is 0 Å². The third-order valence-corrected chi connectivity index (χ3v) is 4.20. The summed E-state index contributed by atoms with van der Waals surface area (Å²) in [5, 5.41) is 29.7. The van der Waals surface area contributed by atoms with Gasteiger partial charge in [0.1, 0.15) is 36.1 Å². The van der Waals surface area contributed by atoms with Crippen molar-refractivity contribution in [2.45, 2.75) is 24.5 Å². The van der Waals surface area contributed by atoms with Gasteiger partial charge in [0.25, 0.3) is 0 Å².